The number of amides is 3. The molecule has 0 saturated heterocycles. The van der Waals surface area contributed by atoms with Crippen LogP contribution in [0.2, 0.25) is 0 Å². The molecule has 0 saturated carbocycles. The smallest absolute Gasteiger partial charge is 1.00 e. The second-order valence-corrected chi connectivity index (χ2v) is 7.60. The first-order chi connectivity index (χ1) is 15.8. The Labute approximate surface area is 220 Å². The molecule has 0 spiro atoms. The number of methoxy groups -OCH3 is 1. The van der Waals surface area contributed by atoms with Gasteiger partial charge in [-0.1, -0.05) is 42.5 Å². The molecule has 0 radical (unpaired) electrons. The monoisotopic (exact) mass is 475 g/mol. The number of hydrogen-bond acceptors (Lipinski definition) is 5. The Bertz CT molecular complexity index is 1110. The van der Waals surface area contributed by atoms with Gasteiger partial charge in [-0.15, -0.1) is 0 Å². The summed E-state index contributed by atoms with van der Waals surface area (Å²) in [6.07, 6.45) is 2.69. The van der Waals surface area contributed by atoms with Gasteiger partial charge in [-0.05, 0) is 22.8 Å². The molecule has 1 unspecified atom stereocenters. The van der Waals surface area contributed by atoms with Crippen molar-refractivity contribution in [3.8, 4) is 5.75 Å². The van der Waals surface area contributed by atoms with Crippen LogP contribution in [0.1, 0.15) is 30.6 Å². The van der Waals surface area contributed by atoms with Gasteiger partial charge in [-0.2, -0.15) is 0 Å². The van der Waals surface area contributed by atoms with Crippen LogP contribution in [0.15, 0.2) is 60.8 Å². The van der Waals surface area contributed by atoms with Crippen LogP contribution in [0.3, 0.4) is 0 Å². The van der Waals surface area contributed by atoms with Crippen LogP contribution in [0, 0.1) is 0 Å². The minimum absolute atomic E-state index is 0. The number of ether oxygens (including phenoxy) is 1. The molecule has 3 amide bonds. The fourth-order valence-electron chi connectivity index (χ4n) is 3.56. The topological polar surface area (TPSA) is 125 Å². The number of carboxylic acids is 1. The first kappa shape index (κ1) is 27.1. The van der Waals surface area contributed by atoms with Gasteiger partial charge in [0.2, 0.25) is 0 Å². The number of nitrogens with zero attached hydrogens (tertiary/aromatic N) is 1. The summed E-state index contributed by atoms with van der Waals surface area (Å²) in [6.45, 7) is 0. The van der Waals surface area contributed by atoms with Crippen molar-refractivity contribution in [2.75, 3.05) is 14.2 Å². The Balaban J connectivity index is 0.00000306. The van der Waals surface area contributed by atoms with E-state index in [0.717, 1.165) is 16.9 Å². The molecule has 2 atom stereocenters. The van der Waals surface area contributed by atoms with Crippen molar-refractivity contribution in [2.45, 2.75) is 24.9 Å². The number of benzene rings is 2. The average molecular weight is 475 g/mol. The van der Waals surface area contributed by atoms with Crippen LogP contribution in [-0.2, 0) is 20.8 Å². The van der Waals surface area contributed by atoms with Crippen molar-refractivity contribution in [3.05, 3.63) is 77.5 Å². The van der Waals surface area contributed by atoms with Crippen LogP contribution in [0.4, 0.5) is 4.79 Å². The van der Waals surface area contributed by atoms with Gasteiger partial charge in [0.15, 0.2) is 11.8 Å². The molecule has 1 aliphatic heterocycles. The zero-order chi connectivity index (χ0) is 24.0. The third-order valence-electron chi connectivity index (χ3n) is 5.24. The fraction of sp³-hybridized carbons (Fsp3) is 0.250. The minimum Gasteiger partial charge on any atom is -1.00 e. The average Bonchev–Trinajstić information content (AvgIpc) is 2.79. The molecule has 2 aromatic rings. The second kappa shape index (κ2) is 12.4. The summed E-state index contributed by atoms with van der Waals surface area (Å²) in [5, 5.41) is 14.3. The Morgan fingerprint density at radius 3 is 2.62 bits per heavy atom. The van der Waals surface area contributed by atoms with Gasteiger partial charge in [0.25, 0.3) is 5.91 Å². The summed E-state index contributed by atoms with van der Waals surface area (Å²) >= 11 is 0. The SMILES string of the molecule is COc1ccccc1Cc1cccc([C@H](CC(=O)O)NC(=O)NC2C(=O)C=CN(C)C2=O)c1.[H-].[Na+]. The Morgan fingerprint density at radius 2 is 1.91 bits per heavy atom. The molecule has 9 nitrogen and oxygen atoms in total. The third-order valence-corrected chi connectivity index (χ3v) is 5.24. The Hall–Kier alpha value is -3.14. The van der Waals surface area contributed by atoms with E-state index >= 15 is 0 Å². The van der Waals surface area contributed by atoms with Gasteiger partial charge in [-0.25, -0.2) is 4.79 Å². The van der Waals surface area contributed by atoms with E-state index in [1.165, 1.54) is 24.2 Å². The number of para-hydroxylation sites is 1. The minimum atomic E-state index is -1.36. The number of ketones is 1. The molecular formula is C24H26N3NaO6. The zero-order valence-electron chi connectivity index (χ0n) is 20.3. The van der Waals surface area contributed by atoms with Crippen molar-refractivity contribution in [1.82, 2.24) is 15.5 Å². The van der Waals surface area contributed by atoms with Gasteiger partial charge in [0.1, 0.15) is 5.75 Å². The quantitative estimate of drug-likeness (QED) is 0.337. The number of hydrogen-bond donors (Lipinski definition) is 3. The second-order valence-electron chi connectivity index (χ2n) is 7.60. The van der Waals surface area contributed by atoms with Crippen LogP contribution in [-0.4, -0.2) is 53.9 Å². The molecule has 174 valence electrons. The number of carbonyl (C=O) groups excluding carboxylic acids is 3. The number of carbonyl (C=O) groups is 4. The molecule has 0 aliphatic carbocycles. The molecule has 34 heavy (non-hydrogen) atoms. The molecule has 1 aliphatic rings. The Kier molecular flexibility index (Phi) is 9.85. The summed E-state index contributed by atoms with van der Waals surface area (Å²) in [6, 6.07) is 11.7. The number of urea groups is 1. The van der Waals surface area contributed by atoms with E-state index < -0.39 is 35.8 Å². The standard InChI is InChI=1S/C24H25N3O6.Na.H/c1-27-11-10-19(28)22(23(27)31)26-24(32)25-18(14-21(29)30)16-8-5-6-15(12-16)13-17-7-3-4-9-20(17)33-2;;/h3-12,18,22H,13-14H2,1-2H3,(H,29,30)(H2,25,26,32);;/q;+1;-1/t18-,22?;;/m0../s1. The number of rotatable bonds is 8. The van der Waals surface area contributed by atoms with E-state index in [1.54, 1.807) is 19.2 Å². The number of likely N-dealkylation sites (N-methyl/N-ethyl adjacent to an activating group) is 1. The van der Waals surface area contributed by atoms with E-state index in [9.17, 15) is 24.3 Å². The molecule has 1 heterocycles. The van der Waals surface area contributed by atoms with Crippen molar-refractivity contribution in [3.63, 3.8) is 0 Å². The molecular weight excluding hydrogens is 449 g/mol. The summed E-state index contributed by atoms with van der Waals surface area (Å²) < 4.78 is 5.39. The largest absolute Gasteiger partial charge is 1.00 e. The maximum atomic E-state index is 12.6. The van der Waals surface area contributed by atoms with Crippen LogP contribution >= 0.6 is 0 Å². The van der Waals surface area contributed by atoms with Gasteiger partial charge < -0.3 is 26.8 Å². The van der Waals surface area contributed by atoms with Crippen molar-refractivity contribution in [2.24, 2.45) is 0 Å². The normalized spacial score (nSPS) is 15.8. The van der Waals surface area contributed by atoms with Crippen LogP contribution < -0.4 is 44.9 Å². The summed E-state index contributed by atoms with van der Waals surface area (Å²) in [5.41, 5.74) is 2.45. The first-order valence-electron chi connectivity index (χ1n) is 10.3. The van der Waals surface area contributed by atoms with E-state index in [0.29, 0.717) is 12.0 Å². The third kappa shape index (κ3) is 6.93. The summed E-state index contributed by atoms with van der Waals surface area (Å²) in [4.78, 5) is 49.4. The molecule has 0 fully saturated rings. The summed E-state index contributed by atoms with van der Waals surface area (Å²) in [7, 11) is 3.06. The molecule has 3 N–H and O–H groups in total. The number of aliphatic carboxylic acids is 1. The maximum Gasteiger partial charge on any atom is 1.00 e. The van der Waals surface area contributed by atoms with Crippen LogP contribution in [0.5, 0.6) is 5.75 Å². The molecule has 0 bridgehead atoms. The first-order valence-corrected chi connectivity index (χ1v) is 10.3. The molecule has 3 rings (SSSR count). The fourth-order valence-corrected chi connectivity index (χ4v) is 3.56. The predicted octanol–water partition coefficient (Wildman–Crippen LogP) is -0.859. The van der Waals surface area contributed by atoms with Crippen LogP contribution in [0.25, 0.3) is 0 Å². The van der Waals surface area contributed by atoms with Gasteiger partial charge in [0, 0.05) is 25.7 Å². The van der Waals surface area contributed by atoms with Crippen molar-refractivity contribution >= 4 is 23.7 Å². The van der Waals surface area contributed by atoms with E-state index in [2.05, 4.69) is 10.6 Å². The van der Waals surface area contributed by atoms with Crippen molar-refractivity contribution < 1.29 is 60.0 Å². The maximum absolute atomic E-state index is 12.6. The number of nitrogens with one attached hydrogen (secondary N) is 2. The van der Waals surface area contributed by atoms with Gasteiger partial charge in [-0.3, -0.25) is 14.4 Å². The molecule has 0 aromatic heterocycles. The predicted molar refractivity (Wildman–Crippen MR) is 121 cm³/mol. The zero-order valence-corrected chi connectivity index (χ0v) is 21.3. The van der Waals surface area contributed by atoms with E-state index in [-0.39, 0.29) is 37.4 Å². The Morgan fingerprint density at radius 1 is 1.18 bits per heavy atom. The van der Waals surface area contributed by atoms with Crippen molar-refractivity contribution in [1.29, 1.82) is 0 Å². The molecule has 2 aromatic carbocycles. The molecule has 10 heteroatoms. The van der Waals surface area contributed by atoms with E-state index in [4.69, 9.17) is 4.74 Å². The van der Waals surface area contributed by atoms with E-state index in [1.807, 2.05) is 36.4 Å². The van der Waals surface area contributed by atoms with Gasteiger partial charge >= 0.3 is 41.6 Å². The summed E-state index contributed by atoms with van der Waals surface area (Å²) in [5.74, 6) is -1.50. The number of carboxylic acid groups (broad SMARTS) is 1. The van der Waals surface area contributed by atoms with Gasteiger partial charge in [0.05, 0.1) is 19.6 Å².